The fourth-order valence-corrected chi connectivity index (χ4v) is 1.81. The molecule has 4 N–H and O–H groups in total. The highest BCUT2D eigenvalue weighted by atomic mass is 31.2. The van der Waals surface area contributed by atoms with Crippen molar-refractivity contribution < 1.29 is 33.7 Å². The van der Waals surface area contributed by atoms with E-state index in [9.17, 15) is 4.89 Å². The maximum Gasteiger partial charge on any atom is 0.348 e. The fraction of sp³-hybridized carbons (Fsp3) is 1.00. The molecule has 0 radical (unpaired) electrons. The summed E-state index contributed by atoms with van der Waals surface area (Å²) < 4.78 is 20.4. The lowest BCUT2D eigenvalue weighted by molar-refractivity contribution is -0.0380. The van der Waals surface area contributed by atoms with Gasteiger partial charge in [0.1, 0.15) is 6.10 Å². The zero-order chi connectivity index (χ0) is 15.9. The summed E-state index contributed by atoms with van der Waals surface area (Å²) in [7, 11) is -2.00. The molecule has 0 fully saturated rings. The van der Waals surface area contributed by atoms with Gasteiger partial charge in [-0.15, -0.1) is 0 Å². The summed E-state index contributed by atoms with van der Waals surface area (Å²) in [5.74, 6) is 0. The summed E-state index contributed by atoms with van der Waals surface area (Å²) in [6.07, 6.45) is 0.574. The summed E-state index contributed by atoms with van der Waals surface area (Å²) in [4.78, 5) is 9.45. The number of ether oxygens (including phenoxy) is 2. The number of hydrogen-bond acceptors (Lipinski definition) is 8. The minimum Gasteiger partial charge on any atom is -0.394 e. The number of rotatable bonds is 15. The summed E-state index contributed by atoms with van der Waals surface area (Å²) in [6.45, 7) is 5.52. The zero-order valence-corrected chi connectivity index (χ0v) is 13.6. The van der Waals surface area contributed by atoms with Crippen LogP contribution in [0.1, 0.15) is 26.7 Å². The first-order chi connectivity index (χ1) is 10.1. The Hall–Kier alpha value is 0.110. The van der Waals surface area contributed by atoms with E-state index in [4.69, 9.17) is 28.8 Å². The molecule has 3 atom stereocenters. The van der Waals surface area contributed by atoms with Gasteiger partial charge in [-0.1, -0.05) is 0 Å². The van der Waals surface area contributed by atoms with Gasteiger partial charge in [-0.2, -0.15) is 5.48 Å². The maximum absolute atomic E-state index is 9.45. The van der Waals surface area contributed by atoms with E-state index in [-0.39, 0.29) is 25.9 Å². The van der Waals surface area contributed by atoms with Crippen LogP contribution in [0.25, 0.3) is 0 Å². The van der Waals surface area contributed by atoms with Crippen LogP contribution < -0.4 is 5.48 Å². The van der Waals surface area contributed by atoms with Crippen molar-refractivity contribution in [3.8, 4) is 0 Å². The third-order valence-electron chi connectivity index (χ3n) is 2.37. The van der Waals surface area contributed by atoms with Crippen LogP contribution in [0.3, 0.4) is 0 Å². The van der Waals surface area contributed by atoms with Gasteiger partial charge in [0.05, 0.1) is 25.9 Å². The third kappa shape index (κ3) is 14.8. The van der Waals surface area contributed by atoms with Crippen LogP contribution in [0.15, 0.2) is 0 Å². The van der Waals surface area contributed by atoms with Crippen molar-refractivity contribution >= 4 is 8.60 Å². The van der Waals surface area contributed by atoms with Crippen molar-refractivity contribution in [1.82, 2.24) is 5.48 Å². The van der Waals surface area contributed by atoms with Gasteiger partial charge in [-0.25, -0.2) is 4.62 Å². The quantitative estimate of drug-likeness (QED) is 0.193. The lowest BCUT2D eigenvalue weighted by atomic mass is 10.3. The second-order valence-corrected chi connectivity index (χ2v) is 5.32. The largest absolute Gasteiger partial charge is 0.394 e. The van der Waals surface area contributed by atoms with E-state index in [1.165, 1.54) is 0 Å². The van der Waals surface area contributed by atoms with E-state index in [2.05, 4.69) is 5.48 Å². The van der Waals surface area contributed by atoms with Crippen LogP contribution >= 0.6 is 8.60 Å². The summed E-state index contributed by atoms with van der Waals surface area (Å²) >= 11 is 0. The number of aliphatic hydroxyl groups is 2. The van der Waals surface area contributed by atoms with E-state index >= 15 is 0 Å². The van der Waals surface area contributed by atoms with Crippen LogP contribution in [-0.2, 0) is 18.6 Å². The number of aliphatic hydroxyl groups excluding tert-OH is 2. The van der Waals surface area contributed by atoms with E-state index in [1.54, 1.807) is 6.92 Å². The molecule has 0 rings (SSSR count). The first-order valence-electron chi connectivity index (χ1n) is 7.10. The predicted octanol–water partition coefficient (Wildman–Crippen LogP) is 0.318. The van der Waals surface area contributed by atoms with Gasteiger partial charge in [0.15, 0.2) is 0 Å². The number of hydroxylamine groups is 1. The van der Waals surface area contributed by atoms with Gasteiger partial charge >= 0.3 is 8.60 Å². The SMILES string of the molecule is CCOCCCCNOP(O)OCC(C)OCC(O)CO. The molecule has 0 aromatic heterocycles. The predicted molar refractivity (Wildman–Crippen MR) is 78.4 cm³/mol. The van der Waals surface area contributed by atoms with E-state index in [0.717, 1.165) is 26.1 Å². The molecule has 0 saturated carbocycles. The summed E-state index contributed by atoms with van der Waals surface area (Å²) in [5.41, 5.74) is 2.63. The third-order valence-corrected chi connectivity index (χ3v) is 3.02. The van der Waals surface area contributed by atoms with E-state index < -0.39 is 14.7 Å². The molecule has 21 heavy (non-hydrogen) atoms. The molecule has 0 aromatic rings. The molecule has 0 saturated heterocycles. The average Bonchev–Trinajstić information content (AvgIpc) is 2.49. The lowest BCUT2D eigenvalue weighted by Crippen LogP contribution is -2.25. The molecule has 0 amide bonds. The van der Waals surface area contributed by atoms with Crippen molar-refractivity contribution in [3.63, 3.8) is 0 Å². The Balaban J connectivity index is 3.38. The summed E-state index contributed by atoms with van der Waals surface area (Å²) in [6, 6.07) is 0. The molecule has 8 nitrogen and oxygen atoms in total. The Morgan fingerprint density at radius 2 is 2.00 bits per heavy atom. The van der Waals surface area contributed by atoms with Crippen LogP contribution in [0.5, 0.6) is 0 Å². The normalized spacial score (nSPS) is 15.9. The van der Waals surface area contributed by atoms with Crippen LogP contribution in [0.2, 0.25) is 0 Å². The minimum absolute atomic E-state index is 0.0172. The van der Waals surface area contributed by atoms with Crippen LogP contribution in [0.4, 0.5) is 0 Å². The molecular formula is C12H28NO7P. The second kappa shape index (κ2) is 15.0. The van der Waals surface area contributed by atoms with Gasteiger partial charge in [0.25, 0.3) is 0 Å². The fourth-order valence-electron chi connectivity index (χ4n) is 1.22. The highest BCUT2D eigenvalue weighted by molar-refractivity contribution is 7.40. The van der Waals surface area contributed by atoms with Crippen LogP contribution in [0, 0.1) is 0 Å². The Morgan fingerprint density at radius 3 is 2.67 bits per heavy atom. The molecule has 3 unspecified atom stereocenters. The van der Waals surface area contributed by atoms with Gasteiger partial charge in [0.2, 0.25) is 0 Å². The van der Waals surface area contributed by atoms with Crippen molar-refractivity contribution in [3.05, 3.63) is 0 Å². The molecular weight excluding hydrogens is 301 g/mol. The smallest absolute Gasteiger partial charge is 0.348 e. The molecule has 0 heterocycles. The molecule has 0 bridgehead atoms. The number of unbranched alkanes of at least 4 members (excludes halogenated alkanes) is 1. The highest BCUT2D eigenvalue weighted by Gasteiger charge is 2.12. The van der Waals surface area contributed by atoms with Crippen molar-refractivity contribution in [2.45, 2.75) is 38.9 Å². The molecule has 0 aliphatic rings. The Morgan fingerprint density at radius 1 is 1.24 bits per heavy atom. The molecule has 128 valence electrons. The molecule has 0 spiro atoms. The van der Waals surface area contributed by atoms with Gasteiger partial charge in [0, 0.05) is 19.8 Å². The van der Waals surface area contributed by atoms with Gasteiger partial charge < -0.3 is 29.1 Å². The first-order valence-corrected chi connectivity index (χ1v) is 8.23. The van der Waals surface area contributed by atoms with Gasteiger partial charge in [-0.3, -0.25) is 0 Å². The van der Waals surface area contributed by atoms with E-state index in [0.29, 0.717) is 6.54 Å². The average molecular weight is 329 g/mol. The summed E-state index contributed by atoms with van der Waals surface area (Å²) in [5, 5.41) is 17.7. The lowest BCUT2D eigenvalue weighted by Gasteiger charge is -2.17. The van der Waals surface area contributed by atoms with Gasteiger partial charge in [-0.05, 0) is 26.7 Å². The minimum atomic E-state index is -2.00. The zero-order valence-electron chi connectivity index (χ0n) is 12.7. The standard InChI is InChI=1S/C12H28NO7P/c1-3-17-7-5-4-6-13-20-21(16)19-9-11(2)18-10-12(15)8-14/h11-16H,3-10H2,1-2H3. The second-order valence-electron chi connectivity index (χ2n) is 4.40. The highest BCUT2D eigenvalue weighted by Crippen LogP contribution is 2.31. The Labute approximate surface area is 127 Å². The molecule has 0 aromatic carbocycles. The number of nitrogens with one attached hydrogen (secondary N) is 1. The molecule has 0 aliphatic heterocycles. The first kappa shape index (κ1) is 21.1. The molecule has 0 aliphatic carbocycles. The topological polar surface area (TPSA) is 110 Å². The maximum atomic E-state index is 9.45. The van der Waals surface area contributed by atoms with Crippen molar-refractivity contribution in [1.29, 1.82) is 0 Å². The van der Waals surface area contributed by atoms with E-state index in [1.807, 2.05) is 6.92 Å². The monoisotopic (exact) mass is 329 g/mol. The number of hydrogen-bond donors (Lipinski definition) is 4. The van der Waals surface area contributed by atoms with Crippen molar-refractivity contribution in [2.75, 3.05) is 39.6 Å². The Bertz CT molecular complexity index is 226. The molecule has 9 heteroatoms. The van der Waals surface area contributed by atoms with Crippen LogP contribution in [-0.4, -0.2) is 66.9 Å². The Kier molecular flexibility index (Phi) is 15.1. The van der Waals surface area contributed by atoms with Crippen molar-refractivity contribution in [2.24, 2.45) is 0 Å².